The summed E-state index contributed by atoms with van der Waals surface area (Å²) in [6.45, 7) is 36.8. The highest BCUT2D eigenvalue weighted by Gasteiger charge is 2.28. The van der Waals surface area contributed by atoms with Crippen LogP contribution in [0.5, 0.6) is 0 Å². The van der Waals surface area contributed by atoms with Crippen LogP contribution in [-0.2, 0) is 0 Å². The van der Waals surface area contributed by atoms with E-state index in [0.717, 1.165) is 12.3 Å². The van der Waals surface area contributed by atoms with Gasteiger partial charge in [0.1, 0.15) is 0 Å². The lowest BCUT2D eigenvalue weighted by Gasteiger charge is -2.28. The summed E-state index contributed by atoms with van der Waals surface area (Å²) in [4.78, 5) is 0. The average Bonchev–Trinajstić information content (AvgIpc) is 0.862. The summed E-state index contributed by atoms with van der Waals surface area (Å²) in [7, 11) is -2.20. The van der Waals surface area contributed by atoms with Crippen molar-refractivity contribution < 1.29 is 0 Å². The molecule has 0 aliphatic heterocycles. The second-order valence-corrected chi connectivity index (χ2v) is 31.2. The topological polar surface area (TPSA) is 0 Å². The molecule has 0 radical (unpaired) electrons. The Bertz CT molecular complexity index is 3790. The van der Waals surface area contributed by atoms with Gasteiger partial charge in [0.2, 0.25) is 0 Å². The summed E-state index contributed by atoms with van der Waals surface area (Å²) < 4.78 is 0. The van der Waals surface area contributed by atoms with E-state index in [4.69, 9.17) is 0 Å². The van der Waals surface area contributed by atoms with Gasteiger partial charge in [-0.05, 0) is 411 Å². The molecule has 0 atom stereocenters. The third-order valence-electron chi connectivity index (χ3n) is 19.6. The number of hydrogen-bond donors (Lipinski definition) is 0. The zero-order chi connectivity index (χ0) is 64.8. The second-order valence-electron chi connectivity index (χ2n) is 26.5. The summed E-state index contributed by atoms with van der Waals surface area (Å²) >= 11 is 0. The summed E-state index contributed by atoms with van der Waals surface area (Å²) in [6, 6.07) is 85.5. The first-order valence-corrected chi connectivity index (χ1v) is 36.0. The van der Waals surface area contributed by atoms with Crippen LogP contribution in [0.25, 0.3) is 89.0 Å². The minimum Gasteiger partial charge on any atom is -0.0617 e. The molecule has 0 saturated heterocycles. The van der Waals surface area contributed by atoms with Gasteiger partial charge in [0.25, 0.3) is 0 Å². The van der Waals surface area contributed by atoms with E-state index in [2.05, 4.69) is 329 Å². The highest BCUT2D eigenvalue weighted by Crippen LogP contribution is 2.49. The molecule has 0 saturated carbocycles. The summed E-state index contributed by atoms with van der Waals surface area (Å²) in [5, 5.41) is 5.61. The van der Waals surface area contributed by atoms with Crippen molar-refractivity contribution in [1.82, 2.24) is 0 Å². The van der Waals surface area contributed by atoms with E-state index < -0.39 is 15.8 Å². The van der Waals surface area contributed by atoms with E-state index in [1.165, 1.54) is 199 Å². The zero-order valence-corrected chi connectivity index (χ0v) is 58.9. The van der Waals surface area contributed by atoms with Crippen LogP contribution < -0.4 is 21.2 Å². The predicted molar refractivity (Wildman–Crippen MR) is 407 cm³/mol. The molecule has 92 heavy (non-hydrogen) atoms. The quantitative estimate of drug-likeness (QED) is 0.0898. The Morgan fingerprint density at radius 3 is 0.380 bits per heavy atom. The lowest BCUT2D eigenvalue weighted by atomic mass is 9.90. The molecular formula is C90H88P2. The zero-order valence-electron chi connectivity index (χ0n) is 57.1. The Balaban J connectivity index is 1.20. The summed E-state index contributed by atoms with van der Waals surface area (Å²) in [6.07, 6.45) is 1.90. The number of benzene rings is 12. The van der Waals surface area contributed by atoms with Gasteiger partial charge in [0.15, 0.2) is 0 Å². The Hall–Kier alpha value is -8.50. The Morgan fingerprint density at radius 1 is 0.163 bits per heavy atom. The van der Waals surface area contributed by atoms with Gasteiger partial charge in [-0.3, -0.25) is 0 Å². The van der Waals surface area contributed by atoms with Crippen LogP contribution in [0, 0.1) is 111 Å². The molecule has 0 unspecified atom stereocenters. The normalized spacial score (nSPS) is 11.5. The minimum absolute atomic E-state index is 0.949. The van der Waals surface area contributed by atoms with Crippen molar-refractivity contribution in [3.05, 3.63) is 307 Å². The Labute approximate surface area is 553 Å². The monoisotopic (exact) mass is 1230 g/mol. The summed E-state index contributed by atoms with van der Waals surface area (Å²) in [5.74, 6) is 0. The van der Waals surface area contributed by atoms with Crippen LogP contribution in [0.2, 0.25) is 0 Å². The van der Waals surface area contributed by atoms with E-state index in [1.54, 1.807) is 0 Å². The fourth-order valence-electron chi connectivity index (χ4n) is 15.4. The maximum atomic E-state index is 2.62. The van der Waals surface area contributed by atoms with Crippen LogP contribution in [-0.4, -0.2) is 12.3 Å². The lowest BCUT2D eigenvalue weighted by molar-refractivity contribution is 1.36. The molecule has 0 spiro atoms. The van der Waals surface area contributed by atoms with Crippen molar-refractivity contribution >= 4 is 37.1 Å². The molecule has 0 fully saturated rings. The highest BCUT2D eigenvalue weighted by atomic mass is 31.1. The van der Waals surface area contributed by atoms with Crippen LogP contribution in [0.3, 0.4) is 0 Å². The molecule has 0 nitrogen and oxygen atoms in total. The Kier molecular flexibility index (Phi) is 18.4. The lowest BCUT2D eigenvalue weighted by Crippen LogP contribution is -2.21. The molecule has 0 aliphatic carbocycles. The van der Waals surface area contributed by atoms with E-state index in [0.29, 0.717) is 0 Å². The van der Waals surface area contributed by atoms with E-state index in [1.807, 2.05) is 0 Å². The van der Waals surface area contributed by atoms with Crippen LogP contribution >= 0.6 is 15.8 Å². The van der Waals surface area contributed by atoms with Gasteiger partial charge in [-0.2, -0.15) is 0 Å². The smallest absolute Gasteiger partial charge is 0.0125 e. The molecule has 0 N–H and O–H groups in total. The molecule has 0 amide bonds. The molecular weight excluding hydrogens is 1140 g/mol. The highest BCUT2D eigenvalue weighted by molar-refractivity contribution is 7.76. The number of hydrogen-bond acceptors (Lipinski definition) is 0. The predicted octanol–water partition coefficient (Wildman–Crippen LogP) is 23.5. The van der Waals surface area contributed by atoms with Gasteiger partial charge in [0.05, 0.1) is 0 Å². The van der Waals surface area contributed by atoms with Crippen molar-refractivity contribution in [3.8, 4) is 89.0 Å². The molecule has 0 aliphatic rings. The maximum absolute atomic E-state index is 2.62. The standard InChI is InChI=1S/C90H88P2/c1-55-25-17-26-56(2)83(55)71-43-72(84-57(3)27-18-28-58(84)4)48-79(47-71)91(80-49-73(85-59(5)29-19-30-60(85)6)44-74(50-80)86-61(7)31-20-32-62(86)8)41-42-92(81-51-75(87-63(9)33-21-34-64(87)10)45-76(52-81)88-65(11)35-22-36-66(88)12)82-53-77(89-67(13)37-23-38-68(89)14)46-78(54-82)90-69(15)39-24-40-70(90)16/h17-40,43-54H,41-42H2,1-16H3. The maximum Gasteiger partial charge on any atom is -0.0125 e. The average molecular weight is 1230 g/mol. The van der Waals surface area contributed by atoms with Crippen molar-refractivity contribution in [1.29, 1.82) is 0 Å². The Morgan fingerprint density at radius 2 is 0.272 bits per heavy atom. The third-order valence-corrected chi connectivity index (χ3v) is 24.8. The van der Waals surface area contributed by atoms with E-state index >= 15 is 0 Å². The van der Waals surface area contributed by atoms with Gasteiger partial charge < -0.3 is 0 Å². The fourth-order valence-corrected chi connectivity index (χ4v) is 21.0. The first-order chi connectivity index (χ1) is 44.2. The summed E-state index contributed by atoms with van der Waals surface area (Å²) in [5.41, 5.74) is 41.6. The van der Waals surface area contributed by atoms with Crippen molar-refractivity contribution in [2.45, 2.75) is 111 Å². The van der Waals surface area contributed by atoms with E-state index in [-0.39, 0.29) is 0 Å². The number of aryl methyl sites for hydroxylation is 16. The van der Waals surface area contributed by atoms with Gasteiger partial charge in [-0.15, -0.1) is 0 Å². The largest absolute Gasteiger partial charge is 0.0617 e. The molecule has 458 valence electrons. The molecule has 0 heterocycles. The molecule has 12 rings (SSSR count). The molecule has 0 bridgehead atoms. The van der Waals surface area contributed by atoms with Crippen LogP contribution in [0.1, 0.15) is 89.0 Å². The molecule has 12 aromatic rings. The van der Waals surface area contributed by atoms with Gasteiger partial charge in [-0.1, -0.05) is 146 Å². The van der Waals surface area contributed by atoms with Gasteiger partial charge >= 0.3 is 0 Å². The van der Waals surface area contributed by atoms with Crippen LogP contribution in [0.4, 0.5) is 0 Å². The molecule has 12 aromatic carbocycles. The molecule has 2 heteroatoms. The first kappa shape index (κ1) is 63.6. The van der Waals surface area contributed by atoms with Crippen molar-refractivity contribution in [3.63, 3.8) is 0 Å². The number of rotatable bonds is 15. The van der Waals surface area contributed by atoms with Gasteiger partial charge in [-0.25, -0.2) is 0 Å². The fraction of sp³-hybridized carbons (Fsp3) is 0.200. The van der Waals surface area contributed by atoms with Crippen molar-refractivity contribution in [2.24, 2.45) is 0 Å². The first-order valence-electron chi connectivity index (χ1n) is 32.9. The minimum atomic E-state index is -1.10. The van der Waals surface area contributed by atoms with E-state index in [9.17, 15) is 0 Å². The SMILES string of the molecule is Cc1cccc(C)c1-c1cc(-c2c(C)cccc2C)cc(P(CCP(c2cc(-c3c(C)cccc3C)cc(-c3c(C)cccc3C)c2)c2cc(-c3c(C)cccc3C)cc(-c3c(C)cccc3C)c2)c2cc(-c3c(C)cccc3C)cc(-c3c(C)cccc3C)c2)c1. The van der Waals surface area contributed by atoms with Crippen LogP contribution in [0.15, 0.2) is 218 Å². The van der Waals surface area contributed by atoms with Gasteiger partial charge in [0, 0.05) is 0 Å². The second kappa shape index (κ2) is 26.6. The third kappa shape index (κ3) is 12.6. The van der Waals surface area contributed by atoms with Crippen molar-refractivity contribution in [2.75, 3.05) is 12.3 Å². The molecule has 0 aromatic heterocycles.